The van der Waals surface area contributed by atoms with Crippen LogP contribution < -0.4 is 10.6 Å². The molecule has 0 aliphatic heterocycles. The Bertz CT molecular complexity index is 790. The van der Waals surface area contributed by atoms with Crippen molar-refractivity contribution in [1.82, 2.24) is 0 Å². The minimum atomic E-state index is -1.05. The summed E-state index contributed by atoms with van der Waals surface area (Å²) >= 11 is 0. The summed E-state index contributed by atoms with van der Waals surface area (Å²) in [5.41, 5.74) is 1.04. The van der Waals surface area contributed by atoms with Crippen LogP contribution in [0.2, 0.25) is 0 Å². The summed E-state index contributed by atoms with van der Waals surface area (Å²) in [5, 5.41) is 5.08. The summed E-state index contributed by atoms with van der Waals surface area (Å²) in [4.78, 5) is 35.2. The summed E-state index contributed by atoms with van der Waals surface area (Å²) in [7, 11) is 0. The third-order valence-electron chi connectivity index (χ3n) is 3.18. The Labute approximate surface area is 144 Å². The Morgan fingerprint density at radius 2 is 1.68 bits per heavy atom. The van der Waals surface area contributed by atoms with Crippen molar-refractivity contribution in [2.45, 2.75) is 20.0 Å². The average molecular weight is 344 g/mol. The van der Waals surface area contributed by atoms with Gasteiger partial charge in [0.25, 0.3) is 5.91 Å². The van der Waals surface area contributed by atoms with Gasteiger partial charge < -0.3 is 15.4 Å². The van der Waals surface area contributed by atoms with Crippen molar-refractivity contribution in [2.75, 3.05) is 10.6 Å². The highest BCUT2D eigenvalue weighted by atomic mass is 19.1. The number of carbonyl (C=O) groups excluding carboxylic acids is 3. The van der Waals surface area contributed by atoms with Crippen molar-refractivity contribution < 1.29 is 23.5 Å². The van der Waals surface area contributed by atoms with Gasteiger partial charge in [0.05, 0.1) is 5.56 Å². The zero-order valence-corrected chi connectivity index (χ0v) is 13.7. The van der Waals surface area contributed by atoms with Gasteiger partial charge in [-0.2, -0.15) is 0 Å². The standard InChI is InChI=1S/C18H17FN2O4/c1-11(17(23)21-15-8-6-14(19)7-9-15)25-18(24)13-4-3-5-16(10-13)20-12(2)22/h3-11H,1-2H3,(H,20,22)(H,21,23)/t11-/m1/s1. The van der Waals surface area contributed by atoms with E-state index in [1.165, 1.54) is 50.2 Å². The number of nitrogens with one attached hydrogen (secondary N) is 2. The van der Waals surface area contributed by atoms with Crippen molar-refractivity contribution in [2.24, 2.45) is 0 Å². The van der Waals surface area contributed by atoms with Gasteiger partial charge in [-0.1, -0.05) is 6.07 Å². The van der Waals surface area contributed by atoms with Gasteiger partial charge in [0.15, 0.2) is 6.10 Å². The van der Waals surface area contributed by atoms with E-state index < -0.39 is 23.8 Å². The second-order valence-corrected chi connectivity index (χ2v) is 5.31. The van der Waals surface area contributed by atoms with Crippen molar-refractivity contribution in [3.63, 3.8) is 0 Å². The first-order valence-corrected chi connectivity index (χ1v) is 7.50. The molecule has 0 spiro atoms. The molecule has 0 saturated heterocycles. The number of carbonyl (C=O) groups is 3. The van der Waals surface area contributed by atoms with E-state index in [2.05, 4.69) is 10.6 Å². The largest absolute Gasteiger partial charge is 0.449 e. The average Bonchev–Trinajstić information content (AvgIpc) is 2.56. The molecule has 2 N–H and O–H groups in total. The van der Waals surface area contributed by atoms with E-state index >= 15 is 0 Å². The first kappa shape index (κ1) is 18.1. The number of amides is 2. The van der Waals surface area contributed by atoms with E-state index in [0.717, 1.165) is 0 Å². The molecule has 25 heavy (non-hydrogen) atoms. The summed E-state index contributed by atoms with van der Waals surface area (Å²) in [6.45, 7) is 2.78. The lowest BCUT2D eigenvalue weighted by atomic mass is 10.2. The highest BCUT2D eigenvalue weighted by Gasteiger charge is 2.19. The highest BCUT2D eigenvalue weighted by Crippen LogP contribution is 2.14. The molecule has 0 bridgehead atoms. The molecule has 0 aliphatic carbocycles. The van der Waals surface area contributed by atoms with Crippen molar-refractivity contribution >= 4 is 29.2 Å². The molecule has 0 heterocycles. The Hall–Kier alpha value is -3.22. The first-order valence-electron chi connectivity index (χ1n) is 7.50. The lowest BCUT2D eigenvalue weighted by molar-refractivity contribution is -0.123. The molecule has 0 fully saturated rings. The van der Waals surface area contributed by atoms with E-state index in [1.54, 1.807) is 12.1 Å². The number of hydrogen-bond acceptors (Lipinski definition) is 4. The number of hydrogen-bond donors (Lipinski definition) is 2. The van der Waals surface area contributed by atoms with E-state index in [4.69, 9.17) is 4.74 Å². The fourth-order valence-corrected chi connectivity index (χ4v) is 1.99. The van der Waals surface area contributed by atoms with E-state index in [-0.39, 0.29) is 11.5 Å². The summed E-state index contributed by atoms with van der Waals surface area (Å²) < 4.78 is 18.0. The van der Waals surface area contributed by atoms with E-state index in [0.29, 0.717) is 11.4 Å². The predicted octanol–water partition coefficient (Wildman–Crippen LogP) is 2.97. The molecular formula is C18H17FN2O4. The molecule has 0 saturated carbocycles. The number of anilines is 2. The second-order valence-electron chi connectivity index (χ2n) is 5.31. The molecular weight excluding hydrogens is 327 g/mol. The zero-order valence-electron chi connectivity index (χ0n) is 13.7. The molecule has 2 amide bonds. The Morgan fingerprint density at radius 3 is 2.32 bits per heavy atom. The van der Waals surface area contributed by atoms with Gasteiger partial charge in [0, 0.05) is 18.3 Å². The minimum Gasteiger partial charge on any atom is -0.449 e. The molecule has 0 aromatic heterocycles. The second kappa shape index (κ2) is 8.05. The molecule has 6 nitrogen and oxygen atoms in total. The minimum absolute atomic E-state index is 0.202. The molecule has 0 aliphatic rings. The normalized spacial score (nSPS) is 11.3. The van der Waals surface area contributed by atoms with Crippen molar-refractivity contribution in [1.29, 1.82) is 0 Å². The van der Waals surface area contributed by atoms with Gasteiger partial charge in [-0.25, -0.2) is 9.18 Å². The summed E-state index contributed by atoms with van der Waals surface area (Å²) in [6, 6.07) is 11.4. The lowest BCUT2D eigenvalue weighted by Crippen LogP contribution is -2.30. The van der Waals surface area contributed by atoms with Crippen LogP contribution in [-0.2, 0) is 14.3 Å². The van der Waals surface area contributed by atoms with Crippen LogP contribution in [0.1, 0.15) is 24.2 Å². The van der Waals surface area contributed by atoms with Crippen LogP contribution in [-0.4, -0.2) is 23.9 Å². The Balaban J connectivity index is 1.98. The van der Waals surface area contributed by atoms with Gasteiger partial charge in [0.2, 0.25) is 5.91 Å². The summed E-state index contributed by atoms with van der Waals surface area (Å²) in [5.74, 6) is -1.93. The lowest BCUT2D eigenvalue weighted by Gasteiger charge is -2.14. The Morgan fingerprint density at radius 1 is 1.00 bits per heavy atom. The topological polar surface area (TPSA) is 84.5 Å². The smallest absolute Gasteiger partial charge is 0.338 e. The molecule has 2 aromatic carbocycles. The maximum absolute atomic E-state index is 12.8. The predicted molar refractivity (Wildman–Crippen MR) is 90.7 cm³/mol. The number of halogens is 1. The van der Waals surface area contributed by atoms with Gasteiger partial charge in [0.1, 0.15) is 5.82 Å². The molecule has 2 aromatic rings. The number of ether oxygens (including phenoxy) is 1. The van der Waals surface area contributed by atoms with Crippen molar-refractivity contribution in [3.05, 3.63) is 59.9 Å². The zero-order chi connectivity index (χ0) is 18.4. The van der Waals surface area contributed by atoms with Gasteiger partial charge in [-0.05, 0) is 49.4 Å². The summed E-state index contributed by atoms with van der Waals surface area (Å²) in [6.07, 6.45) is -1.05. The van der Waals surface area contributed by atoms with Crippen molar-refractivity contribution in [3.8, 4) is 0 Å². The van der Waals surface area contributed by atoms with Gasteiger partial charge in [-0.3, -0.25) is 9.59 Å². The third kappa shape index (κ3) is 5.42. The van der Waals surface area contributed by atoms with Crippen LogP contribution in [0.3, 0.4) is 0 Å². The molecule has 1 atom stereocenters. The SMILES string of the molecule is CC(=O)Nc1cccc(C(=O)O[C@H](C)C(=O)Nc2ccc(F)cc2)c1. The van der Waals surface area contributed by atoms with Crippen LogP contribution >= 0.6 is 0 Å². The molecule has 130 valence electrons. The fourth-order valence-electron chi connectivity index (χ4n) is 1.99. The van der Waals surface area contributed by atoms with Crippen LogP contribution in [0.4, 0.5) is 15.8 Å². The van der Waals surface area contributed by atoms with Crippen LogP contribution in [0.5, 0.6) is 0 Å². The molecule has 2 rings (SSSR count). The first-order chi connectivity index (χ1) is 11.8. The van der Waals surface area contributed by atoms with E-state index in [9.17, 15) is 18.8 Å². The Kier molecular flexibility index (Phi) is 5.84. The number of benzene rings is 2. The highest BCUT2D eigenvalue weighted by molar-refractivity contribution is 5.98. The quantitative estimate of drug-likeness (QED) is 0.817. The molecule has 7 heteroatoms. The van der Waals surface area contributed by atoms with Crippen LogP contribution in [0, 0.1) is 5.82 Å². The molecule has 0 unspecified atom stereocenters. The van der Waals surface area contributed by atoms with Crippen LogP contribution in [0.25, 0.3) is 0 Å². The fraction of sp³-hybridized carbons (Fsp3) is 0.167. The molecule has 0 radical (unpaired) electrons. The van der Waals surface area contributed by atoms with Gasteiger partial charge >= 0.3 is 5.97 Å². The van der Waals surface area contributed by atoms with E-state index in [1.807, 2.05) is 0 Å². The van der Waals surface area contributed by atoms with Gasteiger partial charge in [-0.15, -0.1) is 0 Å². The maximum Gasteiger partial charge on any atom is 0.338 e. The van der Waals surface area contributed by atoms with Crippen LogP contribution in [0.15, 0.2) is 48.5 Å². The number of esters is 1. The maximum atomic E-state index is 12.8. The monoisotopic (exact) mass is 344 g/mol. The third-order valence-corrected chi connectivity index (χ3v) is 3.18. The number of rotatable bonds is 5.